The molecule has 2 heterocycles. The summed E-state index contributed by atoms with van der Waals surface area (Å²) in [6.45, 7) is 0.249. The first-order valence-corrected chi connectivity index (χ1v) is 6.76. The lowest BCUT2D eigenvalue weighted by Gasteiger charge is -2.24. The van der Waals surface area contributed by atoms with Gasteiger partial charge in [-0.2, -0.15) is 13.2 Å². The maximum Gasteiger partial charge on any atom is 0.417 e. The van der Waals surface area contributed by atoms with Crippen molar-refractivity contribution in [2.75, 3.05) is 18.6 Å². The van der Waals surface area contributed by atoms with Crippen LogP contribution in [-0.2, 0) is 15.7 Å². The number of anilines is 1. The molecule has 21 heavy (non-hydrogen) atoms. The third kappa shape index (κ3) is 3.35. The zero-order valence-electron chi connectivity index (χ0n) is 10.8. The van der Waals surface area contributed by atoms with Crippen molar-refractivity contribution in [3.63, 3.8) is 0 Å². The average Bonchev–Trinajstić information content (AvgIpc) is 2.78. The Morgan fingerprint density at radius 3 is 2.71 bits per heavy atom. The van der Waals surface area contributed by atoms with Crippen LogP contribution in [0, 0.1) is 0 Å². The van der Waals surface area contributed by atoms with Crippen LogP contribution in [0.1, 0.15) is 12.0 Å². The number of hydrogen-bond donors (Lipinski definition) is 0. The number of carbonyl (C=O) groups is 1. The number of carbonyl (C=O) groups excluding carboxylic acids is 1. The van der Waals surface area contributed by atoms with Crippen molar-refractivity contribution in [2.24, 2.45) is 0 Å². The van der Waals surface area contributed by atoms with E-state index in [-0.39, 0.29) is 22.8 Å². The first-order valence-electron chi connectivity index (χ1n) is 5.95. The third-order valence-corrected chi connectivity index (χ3v) is 3.74. The van der Waals surface area contributed by atoms with Crippen LogP contribution in [0.15, 0.2) is 12.3 Å². The highest BCUT2D eigenvalue weighted by molar-refractivity contribution is 6.33. The molecule has 0 spiro atoms. The van der Waals surface area contributed by atoms with Crippen LogP contribution in [0.3, 0.4) is 0 Å². The molecule has 0 bridgehead atoms. The maximum absolute atomic E-state index is 12.6. The van der Waals surface area contributed by atoms with E-state index in [1.54, 1.807) is 0 Å². The number of nitrogens with zero attached hydrogens (tertiary/aromatic N) is 2. The van der Waals surface area contributed by atoms with Crippen molar-refractivity contribution >= 4 is 35.0 Å². The summed E-state index contributed by atoms with van der Waals surface area (Å²) in [5, 5.41) is -0.529. The molecule has 1 aliphatic rings. The minimum absolute atomic E-state index is 0.0863. The van der Waals surface area contributed by atoms with Gasteiger partial charge in [-0.25, -0.2) is 9.78 Å². The number of halogens is 5. The molecule has 1 fully saturated rings. The number of hydrogen-bond acceptors (Lipinski definition) is 4. The Hall–Kier alpha value is -1.21. The number of rotatable bonds is 2. The van der Waals surface area contributed by atoms with Gasteiger partial charge < -0.3 is 9.64 Å². The molecule has 0 N–H and O–H groups in total. The normalized spacial score (nSPS) is 22.5. The number of ether oxygens (including phenoxy) is 1. The molecule has 2 rings (SSSR count). The SMILES string of the molecule is COC(=O)[C@H]1C[C@H](Cl)CN1c1ncc(C(F)(F)F)cc1Cl. The molecule has 0 amide bonds. The third-order valence-electron chi connectivity index (χ3n) is 3.14. The van der Waals surface area contributed by atoms with Crippen molar-refractivity contribution in [3.05, 3.63) is 22.8 Å². The highest BCUT2D eigenvalue weighted by Crippen LogP contribution is 2.36. The fourth-order valence-corrected chi connectivity index (χ4v) is 2.77. The van der Waals surface area contributed by atoms with E-state index >= 15 is 0 Å². The number of esters is 1. The minimum atomic E-state index is -4.53. The van der Waals surface area contributed by atoms with Gasteiger partial charge in [0.25, 0.3) is 0 Å². The Bertz CT molecular complexity index is 554. The molecule has 116 valence electrons. The molecular formula is C12H11Cl2F3N2O2. The summed E-state index contributed by atoms with van der Waals surface area (Å²) < 4.78 is 42.4. The lowest BCUT2D eigenvalue weighted by Crippen LogP contribution is -2.37. The average molecular weight is 343 g/mol. The molecule has 0 unspecified atom stereocenters. The van der Waals surface area contributed by atoms with Crippen LogP contribution < -0.4 is 4.90 Å². The standard InChI is InChI=1S/C12H11Cl2F3N2O2/c1-21-11(20)9-3-7(13)5-19(9)10-8(14)2-6(4-18-10)12(15,16)17/h2,4,7,9H,3,5H2,1H3/t7-,9+/m0/s1. The molecule has 0 radical (unpaired) electrons. The second-order valence-electron chi connectivity index (χ2n) is 4.55. The van der Waals surface area contributed by atoms with Crippen LogP contribution in [0.25, 0.3) is 0 Å². The van der Waals surface area contributed by atoms with Gasteiger partial charge in [0, 0.05) is 12.7 Å². The fraction of sp³-hybridized carbons (Fsp3) is 0.500. The van der Waals surface area contributed by atoms with Crippen LogP contribution >= 0.6 is 23.2 Å². The number of pyridine rings is 1. The predicted molar refractivity (Wildman–Crippen MR) is 71.7 cm³/mol. The molecular weight excluding hydrogens is 332 g/mol. The van der Waals surface area contributed by atoms with Gasteiger partial charge >= 0.3 is 12.1 Å². The summed E-state index contributed by atoms with van der Waals surface area (Å²) in [7, 11) is 1.23. The van der Waals surface area contributed by atoms with Crippen molar-refractivity contribution in [2.45, 2.75) is 24.0 Å². The lowest BCUT2D eigenvalue weighted by atomic mass is 10.2. The summed E-state index contributed by atoms with van der Waals surface area (Å²) in [5.41, 5.74) is -0.951. The Morgan fingerprint density at radius 1 is 1.52 bits per heavy atom. The summed E-state index contributed by atoms with van der Waals surface area (Å²) >= 11 is 11.9. The minimum Gasteiger partial charge on any atom is -0.467 e. The van der Waals surface area contributed by atoms with E-state index in [0.29, 0.717) is 12.6 Å². The van der Waals surface area contributed by atoms with Crippen LogP contribution in [0.4, 0.5) is 19.0 Å². The summed E-state index contributed by atoms with van der Waals surface area (Å²) in [5.74, 6) is -0.445. The quantitative estimate of drug-likeness (QED) is 0.611. The lowest BCUT2D eigenvalue weighted by molar-refractivity contribution is -0.142. The van der Waals surface area contributed by atoms with Gasteiger partial charge in [0.2, 0.25) is 0 Å². The Balaban J connectivity index is 2.34. The summed E-state index contributed by atoms with van der Waals surface area (Å²) in [4.78, 5) is 16.9. The zero-order valence-corrected chi connectivity index (χ0v) is 12.3. The molecule has 0 aliphatic carbocycles. The second kappa shape index (κ2) is 5.88. The Labute approximate surface area is 128 Å². The van der Waals surface area contributed by atoms with Gasteiger partial charge in [-0.15, -0.1) is 11.6 Å². The van der Waals surface area contributed by atoms with Crippen molar-refractivity contribution < 1.29 is 22.7 Å². The molecule has 9 heteroatoms. The van der Waals surface area contributed by atoms with Crippen molar-refractivity contribution in [1.29, 1.82) is 0 Å². The molecule has 2 atom stereocenters. The molecule has 1 aromatic rings. The fourth-order valence-electron chi connectivity index (χ4n) is 2.18. The van der Waals surface area contributed by atoms with E-state index in [2.05, 4.69) is 9.72 Å². The topological polar surface area (TPSA) is 42.4 Å². The monoisotopic (exact) mass is 342 g/mol. The van der Waals surface area contributed by atoms with Crippen molar-refractivity contribution in [3.8, 4) is 0 Å². The number of alkyl halides is 4. The molecule has 1 aliphatic heterocycles. The maximum atomic E-state index is 12.6. The van der Waals surface area contributed by atoms with E-state index in [0.717, 1.165) is 6.07 Å². The Kier molecular flexibility index (Phi) is 4.53. The van der Waals surface area contributed by atoms with Crippen LogP contribution in [0.2, 0.25) is 5.02 Å². The van der Waals surface area contributed by atoms with E-state index in [1.165, 1.54) is 12.0 Å². The van der Waals surface area contributed by atoms with Gasteiger partial charge in [-0.3, -0.25) is 0 Å². The van der Waals surface area contributed by atoms with Gasteiger partial charge in [0.15, 0.2) is 0 Å². The Morgan fingerprint density at radius 2 is 2.19 bits per heavy atom. The molecule has 1 saturated heterocycles. The van der Waals surface area contributed by atoms with E-state index in [4.69, 9.17) is 23.2 Å². The number of aromatic nitrogens is 1. The van der Waals surface area contributed by atoms with Gasteiger partial charge in [0.05, 0.1) is 23.1 Å². The van der Waals surface area contributed by atoms with Crippen molar-refractivity contribution in [1.82, 2.24) is 4.98 Å². The second-order valence-corrected chi connectivity index (χ2v) is 5.58. The molecule has 0 saturated carbocycles. The van der Waals surface area contributed by atoms with E-state index < -0.39 is 23.8 Å². The first kappa shape index (κ1) is 16.2. The molecule has 0 aromatic carbocycles. The molecule has 1 aromatic heterocycles. The van der Waals surface area contributed by atoms with E-state index in [1.807, 2.05) is 0 Å². The van der Waals surface area contributed by atoms with Gasteiger partial charge in [-0.1, -0.05) is 11.6 Å². The molecule has 4 nitrogen and oxygen atoms in total. The summed E-state index contributed by atoms with van der Waals surface area (Å²) in [6.07, 6.45) is -3.54. The summed E-state index contributed by atoms with van der Waals surface area (Å²) in [6, 6.07) is 0.0685. The highest BCUT2D eigenvalue weighted by Gasteiger charge is 2.39. The van der Waals surface area contributed by atoms with Crippen LogP contribution in [0.5, 0.6) is 0 Å². The zero-order chi connectivity index (χ0) is 15.8. The van der Waals surface area contributed by atoms with E-state index in [9.17, 15) is 18.0 Å². The smallest absolute Gasteiger partial charge is 0.417 e. The highest BCUT2D eigenvalue weighted by atomic mass is 35.5. The predicted octanol–water partition coefficient (Wildman–Crippen LogP) is 3.11. The van der Waals surface area contributed by atoms with Gasteiger partial charge in [-0.05, 0) is 12.5 Å². The largest absolute Gasteiger partial charge is 0.467 e. The van der Waals surface area contributed by atoms with Gasteiger partial charge in [0.1, 0.15) is 11.9 Å². The first-order chi connectivity index (χ1) is 9.74. The van der Waals surface area contributed by atoms with Crippen LogP contribution in [-0.4, -0.2) is 36.0 Å². The number of methoxy groups -OCH3 is 1.